The van der Waals surface area contributed by atoms with Gasteiger partial charge in [-0.15, -0.1) is 0 Å². The lowest BCUT2D eigenvalue weighted by Crippen LogP contribution is -2.43. The normalized spacial score (nSPS) is 14.7. The van der Waals surface area contributed by atoms with Crippen LogP contribution in [0.2, 0.25) is 0 Å². The molecule has 0 spiro atoms. The molecule has 0 aliphatic carbocycles. The number of aromatic nitrogens is 1. The number of benzene rings is 2. The van der Waals surface area contributed by atoms with Crippen LogP contribution in [0.15, 0.2) is 42.5 Å². The summed E-state index contributed by atoms with van der Waals surface area (Å²) in [4.78, 5) is 60.3. The van der Waals surface area contributed by atoms with E-state index in [9.17, 15) is 23.6 Å². The monoisotopic (exact) mass is 645 g/mol. The fourth-order valence-corrected chi connectivity index (χ4v) is 5.72. The van der Waals surface area contributed by atoms with Crippen LogP contribution in [0, 0.1) is 31.5 Å². The molecule has 0 fully saturated rings. The van der Waals surface area contributed by atoms with Crippen LogP contribution in [0.3, 0.4) is 0 Å². The smallest absolute Gasteiger partial charge is 0.265 e. The molecular formula is C36H44FN5O5. The molecule has 2 unspecified atom stereocenters. The summed E-state index contributed by atoms with van der Waals surface area (Å²) in [6.07, 6.45) is 1.55. The van der Waals surface area contributed by atoms with Gasteiger partial charge in [0.2, 0.25) is 11.8 Å². The number of hydrogen-bond donors (Lipinski definition) is 3. The lowest BCUT2D eigenvalue weighted by molar-refractivity contribution is -0.134. The predicted molar refractivity (Wildman–Crippen MR) is 180 cm³/mol. The van der Waals surface area contributed by atoms with Crippen LogP contribution in [0.25, 0.3) is 11.6 Å². The first-order valence-electron chi connectivity index (χ1n) is 15.9. The molecular weight excluding hydrogens is 601 g/mol. The minimum atomic E-state index is -0.867. The maximum Gasteiger partial charge on any atom is 0.265 e. The topological polar surface area (TPSA) is 124 Å². The highest BCUT2D eigenvalue weighted by Gasteiger charge is 2.41. The van der Waals surface area contributed by atoms with E-state index in [0.717, 1.165) is 30.1 Å². The summed E-state index contributed by atoms with van der Waals surface area (Å²) >= 11 is 0. The van der Waals surface area contributed by atoms with E-state index >= 15 is 0 Å². The van der Waals surface area contributed by atoms with Gasteiger partial charge in [0.05, 0.1) is 23.9 Å². The third kappa shape index (κ3) is 7.62. The van der Waals surface area contributed by atoms with E-state index in [1.54, 1.807) is 53.0 Å². The van der Waals surface area contributed by atoms with Crippen LogP contribution >= 0.6 is 0 Å². The zero-order valence-electron chi connectivity index (χ0n) is 28.1. The molecule has 2 aromatic carbocycles. The lowest BCUT2D eigenvalue weighted by Gasteiger charge is -2.24. The summed E-state index contributed by atoms with van der Waals surface area (Å²) in [5, 5.41) is 5.82. The number of anilines is 1. The predicted octanol–water partition coefficient (Wildman–Crippen LogP) is 4.85. The van der Waals surface area contributed by atoms with Crippen molar-refractivity contribution in [2.45, 2.75) is 48.1 Å². The third-order valence-electron chi connectivity index (χ3n) is 8.92. The van der Waals surface area contributed by atoms with Crippen LogP contribution in [-0.2, 0) is 20.9 Å². The van der Waals surface area contributed by atoms with Crippen molar-refractivity contribution >= 4 is 41.0 Å². The van der Waals surface area contributed by atoms with Crippen molar-refractivity contribution in [3.63, 3.8) is 0 Å². The van der Waals surface area contributed by atoms with E-state index in [-0.39, 0.29) is 35.2 Å². The fraction of sp³-hybridized carbons (Fsp3) is 0.389. The number of hydrogen-bond acceptors (Lipinski definition) is 6. The second-order valence-corrected chi connectivity index (χ2v) is 11.8. The molecule has 0 saturated carbocycles. The molecule has 0 radical (unpaired) electrons. The van der Waals surface area contributed by atoms with Crippen molar-refractivity contribution in [1.29, 1.82) is 0 Å². The Bertz CT molecular complexity index is 1680. The number of fused-ring (bicyclic) bond motifs is 1. The summed E-state index contributed by atoms with van der Waals surface area (Å²) in [6.45, 7) is 14.2. The largest absolute Gasteiger partial charge is 0.497 e. The van der Waals surface area contributed by atoms with Gasteiger partial charge in [-0.1, -0.05) is 39.8 Å². The highest BCUT2D eigenvalue weighted by Crippen LogP contribution is 2.40. The molecule has 47 heavy (non-hydrogen) atoms. The number of ether oxygens (including phenoxy) is 1. The van der Waals surface area contributed by atoms with Gasteiger partial charge in [0, 0.05) is 48.4 Å². The van der Waals surface area contributed by atoms with Gasteiger partial charge in [0.1, 0.15) is 11.6 Å². The molecule has 0 bridgehead atoms. The molecule has 3 N–H and O–H groups in total. The van der Waals surface area contributed by atoms with E-state index in [1.807, 2.05) is 12.1 Å². The number of imide groups is 1. The zero-order chi connectivity index (χ0) is 34.4. The Labute approximate surface area is 275 Å². The van der Waals surface area contributed by atoms with Gasteiger partial charge in [0.15, 0.2) is 0 Å². The molecule has 4 rings (SSSR count). The zero-order valence-corrected chi connectivity index (χ0v) is 28.1. The van der Waals surface area contributed by atoms with Gasteiger partial charge in [-0.3, -0.25) is 19.2 Å². The van der Waals surface area contributed by atoms with Crippen molar-refractivity contribution in [3.8, 4) is 5.75 Å². The van der Waals surface area contributed by atoms with Crippen molar-refractivity contribution in [1.82, 2.24) is 20.5 Å². The number of H-pyrrole nitrogens is 1. The molecule has 4 amide bonds. The number of aryl methyl sites for hydroxylation is 1. The summed E-state index contributed by atoms with van der Waals surface area (Å²) in [5.41, 5.74) is 3.68. The number of carbonyl (C=O) groups is 4. The Morgan fingerprint density at radius 3 is 2.34 bits per heavy atom. The number of nitrogens with zero attached hydrogens (tertiary/aromatic N) is 2. The molecule has 11 heteroatoms. The number of nitrogens with one attached hydrogen (secondary N) is 3. The van der Waals surface area contributed by atoms with Gasteiger partial charge < -0.3 is 25.3 Å². The molecule has 1 aliphatic rings. The summed E-state index contributed by atoms with van der Waals surface area (Å²) in [5.74, 6) is -3.29. The molecule has 1 aromatic heterocycles. The van der Waals surface area contributed by atoms with Crippen LogP contribution in [0.5, 0.6) is 5.75 Å². The van der Waals surface area contributed by atoms with Crippen molar-refractivity contribution in [2.75, 3.05) is 38.2 Å². The Morgan fingerprint density at radius 1 is 1.02 bits per heavy atom. The fourth-order valence-electron chi connectivity index (χ4n) is 5.72. The van der Waals surface area contributed by atoms with E-state index in [1.165, 1.54) is 18.2 Å². The number of likely N-dealkylation sites (N-methyl/N-ethyl adjacent to an activating group) is 1. The summed E-state index contributed by atoms with van der Waals surface area (Å²) < 4.78 is 19.7. The Morgan fingerprint density at radius 2 is 1.70 bits per heavy atom. The van der Waals surface area contributed by atoms with Crippen LogP contribution < -0.4 is 20.3 Å². The average molecular weight is 646 g/mol. The van der Waals surface area contributed by atoms with Gasteiger partial charge in [0.25, 0.3) is 11.8 Å². The van der Waals surface area contributed by atoms with E-state index < -0.39 is 29.5 Å². The van der Waals surface area contributed by atoms with Crippen molar-refractivity contribution in [2.24, 2.45) is 11.8 Å². The summed E-state index contributed by atoms with van der Waals surface area (Å²) in [7, 11) is 1.57. The SMILES string of the molecule is CCN(CC)CCNC(=O)c1c(C)[nH]c(/C=C2\C(=O)N(C(=O)C(C)C(C)C(=O)NCc3ccc(OC)cc3)c3ccc(F)cc32)c1C. The molecule has 2 atom stereocenters. The van der Waals surface area contributed by atoms with Gasteiger partial charge in [-0.05, 0) is 74.5 Å². The minimum absolute atomic E-state index is 0.106. The standard InChI is InChI=1S/C36H44FN5O5/c1-8-41(9-2)17-16-38-34(44)32-23(5)30(40-24(32)6)19-29-28-18-26(37)12-15-31(28)42(36(29)46)35(45)22(4)21(3)33(43)39-20-25-10-13-27(47-7)14-11-25/h10-15,18-19,21-22,40H,8-9,16-17,20H2,1-7H3,(H,38,44)(H,39,43)/b29-19-. The van der Waals surface area contributed by atoms with E-state index in [2.05, 4.69) is 34.4 Å². The number of amides is 4. The Hall–Kier alpha value is -4.77. The second kappa shape index (κ2) is 15.2. The van der Waals surface area contributed by atoms with Crippen LogP contribution in [0.4, 0.5) is 10.1 Å². The first kappa shape index (κ1) is 35.1. The Kier molecular flexibility index (Phi) is 11.4. The molecule has 1 aliphatic heterocycles. The molecule has 0 saturated heterocycles. The van der Waals surface area contributed by atoms with E-state index in [0.29, 0.717) is 34.8 Å². The number of rotatable bonds is 13. The van der Waals surface area contributed by atoms with Gasteiger partial charge in [-0.2, -0.15) is 0 Å². The quantitative estimate of drug-likeness (QED) is 0.229. The first-order chi connectivity index (χ1) is 22.4. The minimum Gasteiger partial charge on any atom is -0.497 e. The third-order valence-corrected chi connectivity index (χ3v) is 8.92. The highest BCUT2D eigenvalue weighted by atomic mass is 19.1. The molecule has 10 nitrogen and oxygen atoms in total. The molecule has 250 valence electrons. The lowest BCUT2D eigenvalue weighted by atomic mass is 9.93. The number of carbonyl (C=O) groups excluding carboxylic acids is 4. The second-order valence-electron chi connectivity index (χ2n) is 11.8. The summed E-state index contributed by atoms with van der Waals surface area (Å²) in [6, 6.07) is 11.1. The van der Waals surface area contributed by atoms with Crippen molar-refractivity contribution in [3.05, 3.63) is 81.9 Å². The number of methoxy groups -OCH3 is 1. The van der Waals surface area contributed by atoms with Crippen LogP contribution in [0.1, 0.15) is 66.1 Å². The number of halogens is 1. The first-order valence-corrected chi connectivity index (χ1v) is 15.9. The highest BCUT2D eigenvalue weighted by molar-refractivity contribution is 6.42. The Balaban J connectivity index is 1.54. The molecule has 3 aromatic rings. The maximum absolute atomic E-state index is 14.5. The average Bonchev–Trinajstić information content (AvgIpc) is 3.50. The van der Waals surface area contributed by atoms with Crippen LogP contribution in [-0.4, -0.2) is 66.8 Å². The van der Waals surface area contributed by atoms with Gasteiger partial charge in [-0.25, -0.2) is 9.29 Å². The van der Waals surface area contributed by atoms with Gasteiger partial charge >= 0.3 is 0 Å². The van der Waals surface area contributed by atoms with Crippen molar-refractivity contribution < 1.29 is 28.3 Å². The molecule has 2 heterocycles. The maximum atomic E-state index is 14.5. The number of aromatic amines is 1. The van der Waals surface area contributed by atoms with E-state index in [4.69, 9.17) is 4.74 Å².